The molecule has 7 aromatic rings. The lowest BCUT2D eigenvalue weighted by molar-refractivity contribution is 0.425. The second-order valence-electron chi connectivity index (χ2n) is 13.4. The monoisotopic (exact) mass is 794 g/mol. The van der Waals surface area contributed by atoms with Gasteiger partial charge < -0.3 is 23.3 Å². The number of rotatable bonds is 13. The van der Waals surface area contributed by atoms with Gasteiger partial charge in [-0.15, -0.1) is 0 Å². The molecule has 0 aliphatic carbocycles. The molecule has 0 aliphatic heterocycles. The van der Waals surface area contributed by atoms with Crippen LogP contribution < -0.4 is 20.0 Å². The van der Waals surface area contributed by atoms with Crippen LogP contribution in [-0.2, 0) is 0 Å². The molecule has 0 unspecified atom stereocenters. The summed E-state index contributed by atoms with van der Waals surface area (Å²) < 4.78 is 67.8. The highest BCUT2D eigenvalue weighted by molar-refractivity contribution is 6.43. The summed E-state index contributed by atoms with van der Waals surface area (Å²) in [5.41, 5.74) is 6.59. The first kappa shape index (κ1) is 40.5. The van der Waals surface area contributed by atoms with E-state index in [4.69, 9.17) is 14.1 Å². The number of nitrogens with zero attached hydrogens (tertiary/aromatic N) is 6. The number of fused-ring (bicyclic) bond motifs is 2. The van der Waals surface area contributed by atoms with E-state index in [9.17, 15) is 17.3 Å². The van der Waals surface area contributed by atoms with Gasteiger partial charge in [0.2, 0.25) is 5.55 Å². The number of para-hydroxylation sites is 2. The molecule has 0 aliphatic rings. The topological polar surface area (TPSA) is 71.4 Å². The van der Waals surface area contributed by atoms with E-state index in [1.54, 1.807) is 66.7 Å². The average Bonchev–Trinajstić information content (AvgIpc) is 3.64. The molecule has 0 amide bonds. The fourth-order valence-electron chi connectivity index (χ4n) is 6.84. The summed E-state index contributed by atoms with van der Waals surface area (Å²) in [5, 5.41) is 0.725. The van der Waals surface area contributed by atoms with Crippen LogP contribution in [0.3, 0.4) is 0 Å². The van der Waals surface area contributed by atoms with Crippen molar-refractivity contribution in [1.82, 2.24) is 9.46 Å². The zero-order valence-corrected chi connectivity index (χ0v) is 33.0. The third-order valence-corrected chi connectivity index (χ3v) is 9.91. The summed E-state index contributed by atoms with van der Waals surface area (Å²) in [5.74, 6) is 6.41. The molecule has 8 nitrogen and oxygen atoms in total. The van der Waals surface area contributed by atoms with Crippen molar-refractivity contribution < 1.29 is 26.3 Å². The summed E-state index contributed by atoms with van der Waals surface area (Å²) in [4.78, 5) is 18.1. The second-order valence-corrected chi connectivity index (χ2v) is 13.4. The Labute approximate surface area is 340 Å². The molecule has 0 bridgehead atoms. The third-order valence-electron chi connectivity index (χ3n) is 9.91. The van der Waals surface area contributed by atoms with Gasteiger partial charge in [-0.25, -0.2) is 18.6 Å². The number of hydrogen-bond donors (Lipinski definition) is 0. The van der Waals surface area contributed by atoms with Crippen molar-refractivity contribution in [3.05, 3.63) is 138 Å². The fraction of sp³-hybridized carbons (Fsp3) is 0.178. The van der Waals surface area contributed by atoms with Gasteiger partial charge in [-0.3, -0.25) is 13.6 Å². The molecule has 5 aromatic carbocycles. The van der Waals surface area contributed by atoms with Gasteiger partial charge in [0.1, 0.15) is 17.2 Å². The van der Waals surface area contributed by atoms with Crippen LogP contribution in [0.4, 0.5) is 40.0 Å². The van der Waals surface area contributed by atoms with Crippen LogP contribution in [0.1, 0.15) is 44.4 Å². The molecule has 14 heteroatoms. The van der Waals surface area contributed by atoms with Crippen molar-refractivity contribution in [2.75, 3.05) is 36.0 Å². The Morgan fingerprint density at radius 1 is 0.729 bits per heavy atom. The molecule has 2 aromatic heterocycles. The fourth-order valence-corrected chi connectivity index (χ4v) is 6.84. The molecular weight excluding hydrogens is 754 g/mol. The van der Waals surface area contributed by atoms with E-state index in [1.165, 1.54) is 6.21 Å². The van der Waals surface area contributed by atoms with Crippen molar-refractivity contribution in [2.45, 2.75) is 27.7 Å². The van der Waals surface area contributed by atoms with Gasteiger partial charge in [-0.2, -0.15) is 0 Å². The first-order valence-electron chi connectivity index (χ1n) is 19.4. The van der Waals surface area contributed by atoms with Gasteiger partial charge in [-0.1, -0.05) is 24.0 Å². The van der Waals surface area contributed by atoms with Gasteiger partial charge >= 0.3 is 14.9 Å². The standard InChI is InChI=1S/C45H40B2F4N6O2/c1-5-55(6-2)37-25-19-33-27-39(44-54-40-11-9-10-12-41(40)57(44)46(48)49)45(58-42(33)28-37)53-36-23-17-32(18-24-36)14-13-31-15-21-35(22-16-31)52-30-34-20-26-38(56(7-3)8-4)29-43(34)59-47(50)51/h9-12,15-30H,5-8H2,1-4H3. The normalized spacial score (nSPS) is 11.6. The Bertz CT molecular complexity index is 2740. The van der Waals surface area contributed by atoms with E-state index in [0.717, 1.165) is 58.5 Å². The molecule has 0 spiro atoms. The van der Waals surface area contributed by atoms with Crippen LogP contribution in [0.2, 0.25) is 0 Å². The number of aliphatic imine (C=N–C) groups is 1. The van der Waals surface area contributed by atoms with Crippen LogP contribution in [-0.4, -0.2) is 56.7 Å². The first-order chi connectivity index (χ1) is 28.7. The summed E-state index contributed by atoms with van der Waals surface area (Å²) in [6, 6.07) is 34.0. The maximum atomic E-state index is 14.6. The van der Waals surface area contributed by atoms with Crippen LogP contribution in [0.25, 0.3) is 33.4 Å². The van der Waals surface area contributed by atoms with Gasteiger partial charge in [0.05, 0.1) is 28.0 Å². The van der Waals surface area contributed by atoms with Crippen LogP contribution in [0.15, 0.2) is 130 Å². The number of anilines is 2. The van der Waals surface area contributed by atoms with E-state index in [-0.39, 0.29) is 17.1 Å². The lowest BCUT2D eigenvalue weighted by Crippen LogP contribution is -2.22. The molecule has 2 heterocycles. The van der Waals surface area contributed by atoms with Gasteiger partial charge in [-0.05, 0) is 119 Å². The highest BCUT2D eigenvalue weighted by Crippen LogP contribution is 2.30. The molecule has 0 atom stereocenters. The largest absolute Gasteiger partial charge is 0.796 e. The van der Waals surface area contributed by atoms with Crippen molar-refractivity contribution in [1.29, 1.82) is 0 Å². The molecule has 296 valence electrons. The van der Waals surface area contributed by atoms with Crippen molar-refractivity contribution >= 4 is 65.8 Å². The minimum absolute atomic E-state index is 0.0488. The summed E-state index contributed by atoms with van der Waals surface area (Å²) in [6.45, 7) is 11.2. The van der Waals surface area contributed by atoms with Gasteiger partial charge in [0.25, 0.3) is 0 Å². The Balaban J connectivity index is 1.16. The Hall–Kier alpha value is -6.74. The maximum absolute atomic E-state index is 14.6. The van der Waals surface area contributed by atoms with E-state index in [1.807, 2.05) is 67.3 Å². The first-order valence-corrected chi connectivity index (χ1v) is 19.4. The van der Waals surface area contributed by atoms with Crippen molar-refractivity contribution in [3.63, 3.8) is 0 Å². The average molecular weight is 794 g/mol. The lowest BCUT2D eigenvalue weighted by Gasteiger charge is -2.22. The maximum Gasteiger partial charge on any atom is 0.796 e. The van der Waals surface area contributed by atoms with Crippen molar-refractivity contribution in [3.8, 4) is 29.0 Å². The second kappa shape index (κ2) is 18.2. The zero-order chi connectivity index (χ0) is 41.5. The van der Waals surface area contributed by atoms with E-state index in [0.29, 0.717) is 39.1 Å². The summed E-state index contributed by atoms with van der Waals surface area (Å²) >= 11 is 0. The predicted molar refractivity (Wildman–Crippen MR) is 232 cm³/mol. The number of halogens is 4. The Morgan fingerprint density at radius 3 is 1.97 bits per heavy atom. The molecule has 0 radical (unpaired) electrons. The van der Waals surface area contributed by atoms with Gasteiger partial charge in [0.15, 0.2) is 0 Å². The van der Waals surface area contributed by atoms with E-state index >= 15 is 0 Å². The molecule has 0 fully saturated rings. The number of aromatic nitrogens is 2. The molecule has 7 rings (SSSR count). The molecule has 0 N–H and O–H groups in total. The minimum Gasteiger partial charge on any atom is -0.505 e. The van der Waals surface area contributed by atoms with Gasteiger partial charge in [0, 0.05) is 78.0 Å². The van der Waals surface area contributed by atoms with Crippen LogP contribution >= 0.6 is 0 Å². The van der Waals surface area contributed by atoms with Crippen molar-refractivity contribution in [2.24, 2.45) is 9.98 Å². The summed E-state index contributed by atoms with van der Waals surface area (Å²) in [6.07, 6.45) is 1.50. The van der Waals surface area contributed by atoms with Crippen LogP contribution in [0, 0.1) is 11.8 Å². The lowest BCUT2D eigenvalue weighted by atomic mass is 10.1. The predicted octanol–water partition coefficient (Wildman–Crippen LogP) is 10.6. The highest BCUT2D eigenvalue weighted by atomic mass is 19.2. The zero-order valence-electron chi connectivity index (χ0n) is 33.0. The number of hydrogen-bond acceptors (Lipinski definition) is 7. The molecule has 59 heavy (non-hydrogen) atoms. The third kappa shape index (κ3) is 9.20. The van der Waals surface area contributed by atoms with E-state index in [2.05, 4.69) is 40.6 Å². The molecule has 0 saturated heterocycles. The SMILES string of the molecule is CCN(CC)c1ccc(C=Nc2ccc(C#Cc3ccc(N=c4oc5cc(N(CC)CC)ccc5cc4-c4nc5ccccc5n4B(F)F)cc3)cc2)c(OB(F)F)c1. The molecular formula is C45H40B2F4N6O2. The summed E-state index contributed by atoms with van der Waals surface area (Å²) in [7, 11) is -5.81. The van der Waals surface area contributed by atoms with Crippen LogP contribution in [0.5, 0.6) is 5.75 Å². The smallest absolute Gasteiger partial charge is 0.505 e. The quantitative estimate of drug-likeness (QED) is 0.0503. The highest BCUT2D eigenvalue weighted by Gasteiger charge is 2.27. The molecule has 0 saturated carbocycles. The Kier molecular flexibility index (Phi) is 12.5. The van der Waals surface area contributed by atoms with E-state index < -0.39 is 14.9 Å². The minimum atomic E-state index is -2.96. The number of imidazole rings is 1. The number of benzene rings is 5. The Morgan fingerprint density at radius 2 is 1.34 bits per heavy atom.